The maximum atomic E-state index is 5.94. The molecule has 3 nitrogen and oxygen atoms in total. The van der Waals surface area contributed by atoms with Crippen LogP contribution in [0.5, 0.6) is 5.75 Å². The van der Waals surface area contributed by atoms with E-state index in [2.05, 4.69) is 37.4 Å². The Morgan fingerprint density at radius 1 is 1.25 bits per heavy atom. The van der Waals surface area contributed by atoms with E-state index in [0.29, 0.717) is 12.6 Å². The Balaban J connectivity index is 1.62. The number of benzene rings is 1. The van der Waals surface area contributed by atoms with E-state index in [9.17, 15) is 0 Å². The molecule has 0 aliphatic heterocycles. The van der Waals surface area contributed by atoms with E-state index in [1.54, 1.807) is 6.26 Å². The molecular formula is C17H21NO2. The minimum Gasteiger partial charge on any atom is -0.488 e. The number of hydrogen-bond donors (Lipinski definition) is 1. The van der Waals surface area contributed by atoms with E-state index in [1.807, 2.05) is 6.07 Å². The highest BCUT2D eigenvalue weighted by Crippen LogP contribution is 2.23. The predicted molar refractivity (Wildman–Crippen MR) is 78.8 cm³/mol. The second-order valence-electron chi connectivity index (χ2n) is 5.58. The van der Waals surface area contributed by atoms with Crippen molar-refractivity contribution < 1.29 is 9.15 Å². The van der Waals surface area contributed by atoms with Crippen LogP contribution >= 0.6 is 0 Å². The molecule has 0 bridgehead atoms. The number of furan rings is 1. The van der Waals surface area contributed by atoms with Crippen molar-refractivity contribution in [1.82, 2.24) is 5.32 Å². The van der Waals surface area contributed by atoms with Crippen molar-refractivity contribution in [2.24, 2.45) is 0 Å². The number of ether oxygens (including phenoxy) is 1. The molecule has 1 heterocycles. The Kier molecular flexibility index (Phi) is 3.79. The second-order valence-corrected chi connectivity index (χ2v) is 5.58. The fraction of sp³-hybridized carbons (Fsp3) is 0.412. The summed E-state index contributed by atoms with van der Waals surface area (Å²) in [6.07, 6.45) is 4.32. The summed E-state index contributed by atoms with van der Waals surface area (Å²) in [6, 6.07) is 8.96. The standard InChI is InChI=1S/C17H21NO2/c1-12-3-4-13(2)16(9-12)20-11-14-7-8-19-17(14)10-18-15-5-6-15/h3-4,7-9,15,18H,5-6,10-11H2,1-2H3. The molecule has 0 saturated heterocycles. The van der Waals surface area contributed by atoms with Crippen LogP contribution in [-0.4, -0.2) is 6.04 Å². The number of rotatable bonds is 6. The second kappa shape index (κ2) is 5.71. The van der Waals surface area contributed by atoms with Crippen molar-refractivity contribution in [2.75, 3.05) is 0 Å². The van der Waals surface area contributed by atoms with Gasteiger partial charge in [0.2, 0.25) is 0 Å². The summed E-state index contributed by atoms with van der Waals surface area (Å²) in [4.78, 5) is 0. The van der Waals surface area contributed by atoms with Crippen LogP contribution in [0.15, 0.2) is 34.9 Å². The normalized spacial score (nSPS) is 14.5. The summed E-state index contributed by atoms with van der Waals surface area (Å²) in [5.41, 5.74) is 3.50. The summed E-state index contributed by atoms with van der Waals surface area (Å²) in [5, 5.41) is 3.47. The van der Waals surface area contributed by atoms with Crippen LogP contribution in [0.2, 0.25) is 0 Å². The Morgan fingerprint density at radius 3 is 2.90 bits per heavy atom. The first-order valence-corrected chi connectivity index (χ1v) is 7.21. The SMILES string of the molecule is Cc1ccc(C)c(OCc2ccoc2CNC2CC2)c1. The minimum absolute atomic E-state index is 0.558. The quantitative estimate of drug-likeness (QED) is 0.869. The molecule has 1 aromatic heterocycles. The molecule has 1 aliphatic rings. The van der Waals surface area contributed by atoms with E-state index in [1.165, 1.54) is 18.4 Å². The number of hydrogen-bond acceptors (Lipinski definition) is 3. The van der Waals surface area contributed by atoms with E-state index in [4.69, 9.17) is 9.15 Å². The van der Waals surface area contributed by atoms with Gasteiger partial charge in [-0.05, 0) is 49.9 Å². The van der Waals surface area contributed by atoms with Gasteiger partial charge in [0.1, 0.15) is 18.1 Å². The largest absolute Gasteiger partial charge is 0.488 e. The minimum atomic E-state index is 0.558. The topological polar surface area (TPSA) is 34.4 Å². The highest BCUT2D eigenvalue weighted by molar-refractivity contribution is 5.36. The van der Waals surface area contributed by atoms with Crippen molar-refractivity contribution in [3.63, 3.8) is 0 Å². The average Bonchev–Trinajstić information content (AvgIpc) is 3.16. The summed E-state index contributed by atoms with van der Waals surface area (Å²) in [6.45, 7) is 5.50. The van der Waals surface area contributed by atoms with Crippen molar-refractivity contribution in [3.8, 4) is 5.75 Å². The van der Waals surface area contributed by atoms with Gasteiger partial charge in [-0.25, -0.2) is 0 Å². The fourth-order valence-corrected chi connectivity index (χ4v) is 2.19. The molecule has 0 atom stereocenters. The van der Waals surface area contributed by atoms with Gasteiger partial charge in [-0.15, -0.1) is 0 Å². The molecule has 0 unspecified atom stereocenters. The molecule has 0 amide bonds. The molecule has 0 radical (unpaired) electrons. The van der Waals surface area contributed by atoms with Crippen molar-refractivity contribution in [2.45, 2.75) is 45.9 Å². The fourth-order valence-electron chi connectivity index (χ4n) is 2.19. The predicted octanol–water partition coefficient (Wildman–Crippen LogP) is 3.73. The maximum absolute atomic E-state index is 5.94. The lowest BCUT2D eigenvalue weighted by atomic mass is 10.1. The van der Waals surface area contributed by atoms with E-state index in [0.717, 1.165) is 29.2 Å². The van der Waals surface area contributed by atoms with E-state index < -0.39 is 0 Å². The Morgan fingerprint density at radius 2 is 2.10 bits per heavy atom. The molecule has 1 saturated carbocycles. The smallest absolute Gasteiger partial charge is 0.124 e. The molecule has 3 rings (SSSR count). The molecule has 1 aliphatic carbocycles. The van der Waals surface area contributed by atoms with Gasteiger partial charge in [-0.3, -0.25) is 0 Å². The zero-order chi connectivity index (χ0) is 13.9. The third-order valence-electron chi connectivity index (χ3n) is 3.69. The summed E-state index contributed by atoms with van der Waals surface area (Å²) in [7, 11) is 0. The van der Waals surface area contributed by atoms with Gasteiger partial charge in [0.15, 0.2) is 0 Å². The van der Waals surface area contributed by atoms with Crippen molar-refractivity contribution >= 4 is 0 Å². The number of aryl methyl sites for hydroxylation is 2. The molecule has 3 heteroatoms. The summed E-state index contributed by atoms with van der Waals surface area (Å²) >= 11 is 0. The lowest BCUT2D eigenvalue weighted by molar-refractivity contribution is 0.299. The third kappa shape index (κ3) is 3.23. The molecule has 106 valence electrons. The van der Waals surface area contributed by atoms with E-state index in [-0.39, 0.29) is 0 Å². The van der Waals surface area contributed by atoms with Gasteiger partial charge in [0.25, 0.3) is 0 Å². The van der Waals surface area contributed by atoms with Gasteiger partial charge in [-0.2, -0.15) is 0 Å². The highest BCUT2D eigenvalue weighted by atomic mass is 16.5. The lowest BCUT2D eigenvalue weighted by Gasteiger charge is -2.10. The molecule has 2 aromatic rings. The Labute approximate surface area is 119 Å². The van der Waals surface area contributed by atoms with Crippen molar-refractivity contribution in [3.05, 3.63) is 53.0 Å². The molecule has 1 N–H and O–H groups in total. The Bertz CT molecular complexity index is 584. The molecular weight excluding hydrogens is 250 g/mol. The first-order valence-electron chi connectivity index (χ1n) is 7.21. The maximum Gasteiger partial charge on any atom is 0.124 e. The van der Waals surface area contributed by atoms with Crippen LogP contribution in [0.25, 0.3) is 0 Å². The molecule has 1 aromatic carbocycles. The average molecular weight is 271 g/mol. The molecule has 20 heavy (non-hydrogen) atoms. The van der Waals surface area contributed by atoms with Crippen LogP contribution in [0, 0.1) is 13.8 Å². The van der Waals surface area contributed by atoms with Gasteiger partial charge in [0.05, 0.1) is 12.8 Å². The monoisotopic (exact) mass is 271 g/mol. The van der Waals surface area contributed by atoms with Crippen LogP contribution in [0.1, 0.15) is 35.3 Å². The summed E-state index contributed by atoms with van der Waals surface area (Å²) in [5.74, 6) is 1.94. The first kappa shape index (κ1) is 13.3. The summed E-state index contributed by atoms with van der Waals surface area (Å²) < 4.78 is 11.5. The van der Waals surface area contributed by atoms with Gasteiger partial charge in [0, 0.05) is 11.6 Å². The van der Waals surface area contributed by atoms with Gasteiger partial charge in [-0.1, -0.05) is 12.1 Å². The van der Waals surface area contributed by atoms with E-state index >= 15 is 0 Å². The van der Waals surface area contributed by atoms with Crippen molar-refractivity contribution in [1.29, 1.82) is 0 Å². The Hall–Kier alpha value is -1.74. The highest BCUT2D eigenvalue weighted by Gasteiger charge is 2.21. The molecule has 0 spiro atoms. The van der Waals surface area contributed by atoms with Crippen LogP contribution in [0.4, 0.5) is 0 Å². The van der Waals surface area contributed by atoms with Gasteiger partial charge >= 0.3 is 0 Å². The van der Waals surface area contributed by atoms with Crippen LogP contribution in [0.3, 0.4) is 0 Å². The first-order chi connectivity index (χ1) is 9.72. The zero-order valence-electron chi connectivity index (χ0n) is 12.1. The van der Waals surface area contributed by atoms with Crippen LogP contribution < -0.4 is 10.1 Å². The van der Waals surface area contributed by atoms with Crippen LogP contribution in [-0.2, 0) is 13.2 Å². The van der Waals surface area contributed by atoms with Gasteiger partial charge < -0.3 is 14.5 Å². The third-order valence-corrected chi connectivity index (χ3v) is 3.69. The zero-order valence-corrected chi connectivity index (χ0v) is 12.1. The lowest BCUT2D eigenvalue weighted by Crippen LogP contribution is -2.16. The number of nitrogens with one attached hydrogen (secondary N) is 1. The molecule has 1 fully saturated rings.